The van der Waals surface area contributed by atoms with E-state index in [4.69, 9.17) is 0 Å². The topological polar surface area (TPSA) is 0 Å². The van der Waals surface area contributed by atoms with Crippen molar-refractivity contribution in [3.05, 3.63) is 74.8 Å². The highest BCUT2D eigenvalue weighted by Gasteiger charge is 2.03. The number of unbranched alkanes of at least 4 members (excludes halogenated alkanes) is 1. The molecule has 2 aromatic carbocycles. The van der Waals surface area contributed by atoms with Gasteiger partial charge in [0.25, 0.3) is 0 Å². The lowest BCUT2D eigenvalue weighted by Gasteiger charge is -2.02. The Hall–Kier alpha value is -2.12. The molecule has 0 saturated carbocycles. The molecule has 3 rings (SSSR count). The van der Waals surface area contributed by atoms with Crippen LogP contribution in [0.25, 0.3) is 28.5 Å². The second-order valence-electron chi connectivity index (χ2n) is 7.05. The van der Waals surface area contributed by atoms with Gasteiger partial charge in [0.15, 0.2) is 0 Å². The number of rotatable bonds is 6. The van der Waals surface area contributed by atoms with Crippen LogP contribution in [0.3, 0.4) is 0 Å². The van der Waals surface area contributed by atoms with E-state index in [1.165, 1.54) is 62.0 Å². The van der Waals surface area contributed by atoms with Crippen LogP contribution >= 0.6 is 11.3 Å². The van der Waals surface area contributed by atoms with Crippen LogP contribution in [0.2, 0.25) is 0 Å². The summed E-state index contributed by atoms with van der Waals surface area (Å²) >= 11 is 1.83. The Morgan fingerprint density at radius 2 is 1.88 bits per heavy atom. The molecule has 1 heterocycles. The lowest BCUT2D eigenvalue weighted by molar-refractivity contribution is 0.797. The maximum atomic E-state index is 4.33. The van der Waals surface area contributed by atoms with Gasteiger partial charge in [-0.1, -0.05) is 55.8 Å². The summed E-state index contributed by atoms with van der Waals surface area (Å²) in [5.74, 6) is 0. The molecule has 0 fully saturated rings. The zero-order valence-electron chi connectivity index (χ0n) is 16.1. The van der Waals surface area contributed by atoms with Crippen LogP contribution in [-0.2, 0) is 6.42 Å². The summed E-state index contributed by atoms with van der Waals surface area (Å²) in [5, 5.41) is 7.50. The van der Waals surface area contributed by atoms with Gasteiger partial charge in [-0.2, -0.15) is 0 Å². The van der Waals surface area contributed by atoms with Crippen LogP contribution in [0.1, 0.15) is 49.1 Å². The number of benzene rings is 2. The van der Waals surface area contributed by atoms with Gasteiger partial charge in [0.2, 0.25) is 0 Å². The predicted molar refractivity (Wildman–Crippen MR) is 119 cm³/mol. The Kier molecular flexibility index (Phi) is 6.11. The van der Waals surface area contributed by atoms with Gasteiger partial charge < -0.3 is 0 Å². The van der Waals surface area contributed by atoms with E-state index < -0.39 is 0 Å². The number of fused-ring (bicyclic) bond motifs is 1. The minimum Gasteiger partial charge on any atom is -0.144 e. The third kappa shape index (κ3) is 4.34. The molecule has 0 unspecified atom stereocenters. The summed E-state index contributed by atoms with van der Waals surface area (Å²) in [7, 11) is 0. The third-order valence-corrected chi connectivity index (χ3v) is 5.98. The van der Waals surface area contributed by atoms with E-state index in [0.29, 0.717) is 0 Å². The molecule has 0 N–H and O–H groups in total. The Labute approximate surface area is 161 Å². The molecule has 0 aliphatic rings. The van der Waals surface area contributed by atoms with Gasteiger partial charge in [0.05, 0.1) is 0 Å². The quantitative estimate of drug-likeness (QED) is 0.488. The van der Waals surface area contributed by atoms with Gasteiger partial charge in [-0.15, -0.1) is 11.3 Å². The summed E-state index contributed by atoms with van der Waals surface area (Å²) < 4.78 is 0. The van der Waals surface area contributed by atoms with Crippen molar-refractivity contribution in [3.8, 4) is 0 Å². The molecule has 1 aromatic heterocycles. The molecule has 1 heteroatoms. The second kappa shape index (κ2) is 8.51. The van der Waals surface area contributed by atoms with Crippen molar-refractivity contribution >= 4 is 39.8 Å². The van der Waals surface area contributed by atoms with Crippen LogP contribution in [0, 0.1) is 6.92 Å². The van der Waals surface area contributed by atoms with Crippen molar-refractivity contribution in [1.29, 1.82) is 0 Å². The minimum atomic E-state index is 0.895. The maximum Gasteiger partial charge on any atom is 0.0302 e. The first-order valence-corrected chi connectivity index (χ1v) is 10.4. The average molecular weight is 361 g/mol. The first-order chi connectivity index (χ1) is 12.6. The summed E-state index contributed by atoms with van der Waals surface area (Å²) in [6.45, 7) is 10.8. The van der Waals surface area contributed by atoms with E-state index in [1.54, 1.807) is 0 Å². The lowest BCUT2D eigenvalue weighted by atomic mass is 10.0. The first kappa shape index (κ1) is 18.7. The van der Waals surface area contributed by atoms with Gasteiger partial charge in [0, 0.05) is 4.88 Å². The molecule has 0 nitrogen and oxygen atoms in total. The molecule has 0 saturated heterocycles. The highest BCUT2D eigenvalue weighted by atomic mass is 32.1. The minimum absolute atomic E-state index is 0.895. The normalized spacial score (nSPS) is 12.9. The molecule has 3 aromatic rings. The van der Waals surface area contributed by atoms with E-state index in [-0.39, 0.29) is 0 Å². The van der Waals surface area contributed by atoms with Crippen LogP contribution in [0.15, 0.2) is 48.4 Å². The monoisotopic (exact) mass is 360 g/mol. The molecule has 0 radical (unpaired) electrons. The van der Waals surface area contributed by atoms with E-state index in [9.17, 15) is 0 Å². The number of aryl methyl sites for hydroxylation is 2. The third-order valence-electron chi connectivity index (χ3n) is 4.90. The van der Waals surface area contributed by atoms with Gasteiger partial charge in [-0.05, 0) is 89.0 Å². The smallest absolute Gasteiger partial charge is 0.0302 e. The Morgan fingerprint density at radius 1 is 1.08 bits per heavy atom. The molecule has 0 atom stereocenters. The van der Waals surface area contributed by atoms with E-state index in [0.717, 1.165) is 6.42 Å². The molecule has 0 spiro atoms. The van der Waals surface area contributed by atoms with Gasteiger partial charge in [0.1, 0.15) is 0 Å². The Morgan fingerprint density at radius 3 is 2.65 bits per heavy atom. The standard InChI is InChI=1S/C25H28S/c1-5-7-8-20-14-25(26-17-20)19(4)10-12-22-16-23-11-9-18(3)13-24(23)15-21(22)6-2/h6,9,11-17H,4-5,7-8,10H2,1-3H3/b21-6-,22-12?. The molecular formula is C25H28S. The number of thiophene rings is 1. The predicted octanol–water partition coefficient (Wildman–Crippen LogP) is 6.24. The zero-order chi connectivity index (χ0) is 18.5. The van der Waals surface area contributed by atoms with Crippen LogP contribution in [0.4, 0.5) is 0 Å². The summed E-state index contributed by atoms with van der Waals surface area (Å²) in [5.41, 5.74) is 3.97. The van der Waals surface area contributed by atoms with Crippen molar-refractivity contribution in [2.75, 3.05) is 0 Å². The number of hydrogen-bond acceptors (Lipinski definition) is 1. The SMILES string of the molecule is C=C(CC=c1cc2ccc(C)cc2c/c1=C/C)c1cc(CCCC)cs1. The molecular weight excluding hydrogens is 332 g/mol. The summed E-state index contributed by atoms with van der Waals surface area (Å²) in [4.78, 5) is 1.32. The summed E-state index contributed by atoms with van der Waals surface area (Å²) in [6.07, 6.45) is 9.11. The van der Waals surface area contributed by atoms with Gasteiger partial charge in [-0.3, -0.25) is 0 Å². The Balaban J connectivity index is 1.86. The van der Waals surface area contributed by atoms with Gasteiger partial charge in [-0.25, -0.2) is 0 Å². The van der Waals surface area contributed by atoms with Gasteiger partial charge >= 0.3 is 0 Å². The highest BCUT2D eigenvalue weighted by Crippen LogP contribution is 2.25. The van der Waals surface area contributed by atoms with Crippen molar-refractivity contribution < 1.29 is 0 Å². The fraction of sp³-hybridized carbons (Fsp3) is 0.280. The largest absolute Gasteiger partial charge is 0.144 e. The second-order valence-corrected chi connectivity index (χ2v) is 7.97. The fourth-order valence-electron chi connectivity index (χ4n) is 3.29. The first-order valence-electron chi connectivity index (χ1n) is 9.53. The Bertz CT molecular complexity index is 1030. The van der Waals surface area contributed by atoms with E-state index in [1.807, 2.05) is 11.3 Å². The van der Waals surface area contributed by atoms with E-state index in [2.05, 4.69) is 81.3 Å². The molecule has 134 valence electrons. The summed E-state index contributed by atoms with van der Waals surface area (Å²) in [6, 6.07) is 13.6. The average Bonchev–Trinajstić information content (AvgIpc) is 3.12. The highest BCUT2D eigenvalue weighted by molar-refractivity contribution is 7.11. The van der Waals surface area contributed by atoms with Crippen molar-refractivity contribution in [1.82, 2.24) is 0 Å². The van der Waals surface area contributed by atoms with Crippen LogP contribution in [-0.4, -0.2) is 0 Å². The number of allylic oxidation sites excluding steroid dienone is 1. The van der Waals surface area contributed by atoms with Crippen LogP contribution < -0.4 is 10.4 Å². The number of hydrogen-bond donors (Lipinski definition) is 0. The van der Waals surface area contributed by atoms with Crippen molar-refractivity contribution in [2.24, 2.45) is 0 Å². The molecule has 0 amide bonds. The molecule has 0 aliphatic carbocycles. The zero-order valence-corrected chi connectivity index (χ0v) is 17.0. The fourth-order valence-corrected chi connectivity index (χ4v) is 4.22. The molecule has 0 aliphatic heterocycles. The maximum absolute atomic E-state index is 4.33. The van der Waals surface area contributed by atoms with Crippen LogP contribution in [0.5, 0.6) is 0 Å². The van der Waals surface area contributed by atoms with E-state index >= 15 is 0 Å². The van der Waals surface area contributed by atoms with Crippen molar-refractivity contribution in [3.63, 3.8) is 0 Å². The molecule has 0 bridgehead atoms. The van der Waals surface area contributed by atoms with Crippen molar-refractivity contribution in [2.45, 2.75) is 46.5 Å². The molecule has 26 heavy (non-hydrogen) atoms. The lowest BCUT2D eigenvalue weighted by Crippen LogP contribution is -2.23.